The first-order chi connectivity index (χ1) is 6.79. The molecule has 15 heavy (non-hydrogen) atoms. The number of carbonyl (C=O) groups is 1. The number of benzene rings is 1. The van der Waals surface area contributed by atoms with Crippen LogP contribution in [0.2, 0.25) is 0 Å². The molecule has 1 amide bonds. The third-order valence-electron chi connectivity index (χ3n) is 1.80. The number of carbonyl (C=O) groups excluding carboxylic acids is 1. The van der Waals surface area contributed by atoms with Crippen LogP contribution in [-0.2, 0) is 4.79 Å². The van der Waals surface area contributed by atoms with Gasteiger partial charge in [-0.1, -0.05) is 0 Å². The number of thiazole rings is 1. The number of amides is 1. The summed E-state index contributed by atoms with van der Waals surface area (Å²) in [5.41, 5.74) is 8.59. The molecule has 0 atom stereocenters. The van der Waals surface area contributed by atoms with E-state index in [1.165, 1.54) is 0 Å². The van der Waals surface area contributed by atoms with Crippen molar-refractivity contribution in [2.24, 2.45) is 5.73 Å². The van der Waals surface area contributed by atoms with Crippen LogP contribution in [0.1, 0.15) is 0 Å². The summed E-state index contributed by atoms with van der Waals surface area (Å²) < 4.78 is 1.11. The molecule has 0 fully saturated rings. The van der Waals surface area contributed by atoms with Gasteiger partial charge < -0.3 is 11.1 Å². The molecule has 4 nitrogen and oxygen atoms in total. The molecule has 1 heterocycles. The number of nitrogens with one attached hydrogen (secondary N) is 1. The van der Waals surface area contributed by atoms with E-state index in [1.807, 2.05) is 18.2 Å². The highest BCUT2D eigenvalue weighted by molar-refractivity contribution is 7.16. The number of halogens is 1. The van der Waals surface area contributed by atoms with Gasteiger partial charge >= 0.3 is 0 Å². The van der Waals surface area contributed by atoms with Gasteiger partial charge in [0.2, 0.25) is 5.91 Å². The van der Waals surface area contributed by atoms with E-state index in [4.69, 9.17) is 5.73 Å². The number of nitrogens with two attached hydrogens (primary N) is 1. The fourth-order valence-corrected chi connectivity index (χ4v) is 1.81. The Morgan fingerprint density at radius 2 is 2.33 bits per heavy atom. The molecule has 2 aromatic rings. The average molecular weight is 244 g/mol. The lowest BCUT2D eigenvalue weighted by Crippen LogP contribution is -2.21. The van der Waals surface area contributed by atoms with E-state index in [9.17, 15) is 4.79 Å². The second-order valence-electron chi connectivity index (χ2n) is 2.79. The number of hydrogen-bond acceptors (Lipinski definition) is 4. The van der Waals surface area contributed by atoms with Gasteiger partial charge in [0.25, 0.3) is 0 Å². The lowest BCUT2D eigenvalue weighted by Gasteiger charge is -2.02. The smallest absolute Gasteiger partial charge is 0.238 e. The fourth-order valence-electron chi connectivity index (χ4n) is 1.15. The van der Waals surface area contributed by atoms with Gasteiger partial charge in [-0.15, -0.1) is 23.7 Å². The summed E-state index contributed by atoms with van der Waals surface area (Å²) in [5, 5.41) is 2.67. The SMILES string of the molecule is Cl.NCC(=O)Nc1ccc2scnc2c1. The van der Waals surface area contributed by atoms with Crippen LogP contribution in [-0.4, -0.2) is 17.4 Å². The molecule has 0 saturated heterocycles. The zero-order valence-corrected chi connectivity index (χ0v) is 9.40. The number of rotatable bonds is 2. The summed E-state index contributed by atoms with van der Waals surface area (Å²) in [6.07, 6.45) is 0. The van der Waals surface area contributed by atoms with E-state index < -0.39 is 0 Å². The Labute approximate surface area is 96.9 Å². The quantitative estimate of drug-likeness (QED) is 0.842. The predicted octanol–water partition coefficient (Wildman–Crippen LogP) is 1.62. The fraction of sp³-hybridized carbons (Fsp3) is 0.111. The van der Waals surface area contributed by atoms with Gasteiger partial charge in [-0.2, -0.15) is 0 Å². The van der Waals surface area contributed by atoms with Gasteiger partial charge in [-0.25, -0.2) is 4.98 Å². The van der Waals surface area contributed by atoms with E-state index in [2.05, 4.69) is 10.3 Å². The molecule has 2 rings (SSSR count). The summed E-state index contributed by atoms with van der Waals surface area (Å²) in [7, 11) is 0. The Kier molecular flexibility index (Phi) is 4.02. The third kappa shape index (κ3) is 2.65. The molecular formula is C9H10ClN3OS. The van der Waals surface area contributed by atoms with Crippen LogP contribution < -0.4 is 11.1 Å². The molecule has 6 heteroatoms. The highest BCUT2D eigenvalue weighted by Crippen LogP contribution is 2.21. The van der Waals surface area contributed by atoms with Crippen molar-refractivity contribution in [3.05, 3.63) is 23.7 Å². The monoisotopic (exact) mass is 243 g/mol. The summed E-state index contributed by atoms with van der Waals surface area (Å²) in [4.78, 5) is 15.2. The standard InChI is InChI=1S/C9H9N3OS.ClH/c10-4-9(13)12-6-1-2-8-7(3-6)11-5-14-8;/h1-3,5H,4,10H2,(H,12,13);1H. The number of fused-ring (bicyclic) bond motifs is 1. The van der Waals surface area contributed by atoms with Crippen LogP contribution >= 0.6 is 23.7 Å². The zero-order valence-electron chi connectivity index (χ0n) is 7.77. The summed E-state index contributed by atoms with van der Waals surface area (Å²) in [6, 6.07) is 5.60. The van der Waals surface area contributed by atoms with Gasteiger partial charge in [-0.3, -0.25) is 4.79 Å². The van der Waals surface area contributed by atoms with Gasteiger partial charge in [0.15, 0.2) is 0 Å². The van der Waals surface area contributed by atoms with Crippen LogP contribution in [0, 0.1) is 0 Å². The number of aromatic nitrogens is 1. The zero-order chi connectivity index (χ0) is 9.97. The van der Waals surface area contributed by atoms with Gasteiger partial charge in [-0.05, 0) is 18.2 Å². The van der Waals surface area contributed by atoms with Crippen LogP contribution in [0.25, 0.3) is 10.2 Å². The highest BCUT2D eigenvalue weighted by Gasteiger charge is 2.01. The van der Waals surface area contributed by atoms with E-state index >= 15 is 0 Å². The predicted molar refractivity (Wildman–Crippen MR) is 64.6 cm³/mol. The van der Waals surface area contributed by atoms with Crippen molar-refractivity contribution in [2.45, 2.75) is 0 Å². The minimum Gasteiger partial charge on any atom is -0.325 e. The van der Waals surface area contributed by atoms with Crippen LogP contribution in [0.4, 0.5) is 5.69 Å². The molecule has 0 bridgehead atoms. The minimum absolute atomic E-state index is 0. The Morgan fingerprint density at radius 3 is 3.07 bits per heavy atom. The van der Waals surface area contributed by atoms with E-state index in [1.54, 1.807) is 16.8 Å². The minimum atomic E-state index is -0.195. The lowest BCUT2D eigenvalue weighted by molar-refractivity contribution is -0.114. The van der Waals surface area contributed by atoms with Crippen LogP contribution in [0.5, 0.6) is 0 Å². The number of hydrogen-bond donors (Lipinski definition) is 2. The Bertz CT molecular complexity index is 471. The lowest BCUT2D eigenvalue weighted by atomic mass is 10.3. The van der Waals surface area contributed by atoms with Crippen LogP contribution in [0.3, 0.4) is 0 Å². The molecule has 1 aromatic heterocycles. The summed E-state index contributed by atoms with van der Waals surface area (Å²) >= 11 is 1.57. The first-order valence-corrected chi connectivity index (χ1v) is 5.01. The molecule has 1 aromatic carbocycles. The molecule has 0 aliphatic heterocycles. The van der Waals surface area contributed by atoms with Crippen molar-refractivity contribution in [1.29, 1.82) is 0 Å². The molecule has 0 spiro atoms. The van der Waals surface area contributed by atoms with Crippen molar-refractivity contribution in [1.82, 2.24) is 4.98 Å². The van der Waals surface area contributed by atoms with E-state index in [-0.39, 0.29) is 24.9 Å². The topological polar surface area (TPSA) is 68.0 Å². The van der Waals surface area contributed by atoms with Crippen molar-refractivity contribution in [2.75, 3.05) is 11.9 Å². The molecule has 0 saturated carbocycles. The molecule has 0 aliphatic carbocycles. The largest absolute Gasteiger partial charge is 0.325 e. The molecule has 0 aliphatic rings. The van der Waals surface area contributed by atoms with Gasteiger partial charge in [0.1, 0.15) is 0 Å². The van der Waals surface area contributed by atoms with Crippen LogP contribution in [0.15, 0.2) is 23.7 Å². The van der Waals surface area contributed by atoms with E-state index in [0.717, 1.165) is 15.9 Å². The van der Waals surface area contributed by atoms with E-state index in [0.29, 0.717) is 0 Å². The number of anilines is 1. The average Bonchev–Trinajstić information content (AvgIpc) is 2.64. The Hall–Kier alpha value is -1.17. The van der Waals surface area contributed by atoms with Gasteiger partial charge in [0, 0.05) is 5.69 Å². The first-order valence-electron chi connectivity index (χ1n) is 4.13. The molecule has 0 unspecified atom stereocenters. The third-order valence-corrected chi connectivity index (χ3v) is 2.61. The first kappa shape index (κ1) is 11.9. The summed E-state index contributed by atoms with van der Waals surface area (Å²) in [5.74, 6) is -0.195. The second kappa shape index (κ2) is 5.06. The van der Waals surface area contributed by atoms with Crippen molar-refractivity contribution < 1.29 is 4.79 Å². The number of nitrogens with zero attached hydrogens (tertiary/aromatic N) is 1. The van der Waals surface area contributed by atoms with Gasteiger partial charge in [0.05, 0.1) is 22.3 Å². The maximum Gasteiger partial charge on any atom is 0.238 e. The Balaban J connectivity index is 0.00000112. The Morgan fingerprint density at radius 1 is 1.53 bits per heavy atom. The molecule has 3 N–H and O–H groups in total. The normalized spacial score (nSPS) is 9.67. The molecule has 0 radical (unpaired) electrons. The van der Waals surface area contributed by atoms with Crippen molar-refractivity contribution in [3.63, 3.8) is 0 Å². The summed E-state index contributed by atoms with van der Waals surface area (Å²) in [6.45, 7) is -0.00486. The maximum absolute atomic E-state index is 11.0. The maximum atomic E-state index is 11.0. The van der Waals surface area contributed by atoms with Crippen molar-refractivity contribution >= 4 is 45.6 Å². The van der Waals surface area contributed by atoms with Crippen molar-refractivity contribution in [3.8, 4) is 0 Å². The second-order valence-corrected chi connectivity index (χ2v) is 3.67. The molecular weight excluding hydrogens is 234 g/mol. The highest BCUT2D eigenvalue weighted by atomic mass is 35.5. The molecule has 80 valence electrons.